The van der Waals surface area contributed by atoms with E-state index in [1.165, 1.54) is 28.7 Å². The van der Waals surface area contributed by atoms with Gasteiger partial charge in [0.15, 0.2) is 0 Å². The van der Waals surface area contributed by atoms with Crippen molar-refractivity contribution in [1.29, 1.82) is 0 Å². The second-order valence-electron chi connectivity index (χ2n) is 11.3. The van der Waals surface area contributed by atoms with Crippen LogP contribution in [0.3, 0.4) is 0 Å². The molecule has 0 spiro atoms. The zero-order valence-corrected chi connectivity index (χ0v) is 25.7. The molecule has 0 radical (unpaired) electrons. The van der Waals surface area contributed by atoms with Crippen LogP contribution < -0.4 is 24.8 Å². The van der Waals surface area contributed by atoms with Crippen LogP contribution in [0.2, 0.25) is 13.1 Å². The Morgan fingerprint density at radius 2 is 1.25 bits per heavy atom. The summed E-state index contributed by atoms with van der Waals surface area (Å²) in [7, 11) is 0. The van der Waals surface area contributed by atoms with Crippen LogP contribution in [0.4, 0.5) is 0 Å². The minimum absolute atomic E-state index is 0. The molecule has 2 aliphatic carbocycles. The van der Waals surface area contributed by atoms with Crippen molar-refractivity contribution in [2.45, 2.75) is 75.5 Å². The Morgan fingerprint density at radius 1 is 0.781 bits per heavy atom. The third kappa shape index (κ3) is 5.14. The van der Waals surface area contributed by atoms with E-state index in [0.717, 1.165) is 0 Å². The van der Waals surface area contributed by atoms with Gasteiger partial charge in [0.25, 0.3) is 0 Å². The molecule has 2 aromatic rings. The van der Waals surface area contributed by atoms with Crippen LogP contribution in [0.15, 0.2) is 57.9 Å². The first kappa shape index (κ1) is 27.8. The Bertz CT molecular complexity index is 1040. The summed E-state index contributed by atoms with van der Waals surface area (Å²) >= 11 is -1.83. The number of benzene rings is 2. The maximum absolute atomic E-state index is 2.59. The fourth-order valence-corrected chi connectivity index (χ4v) is 23.3. The van der Waals surface area contributed by atoms with E-state index in [0.29, 0.717) is 3.63 Å². The summed E-state index contributed by atoms with van der Waals surface area (Å²) in [4.78, 5) is 0. The van der Waals surface area contributed by atoms with Gasteiger partial charge in [-0.15, -0.1) is 0 Å². The molecule has 0 aliphatic heterocycles. The first-order chi connectivity index (χ1) is 14.0. The molecule has 0 bridgehead atoms. The molecule has 0 fully saturated rings. The number of hydrogen-bond donors (Lipinski definition) is 0. The van der Waals surface area contributed by atoms with Crippen LogP contribution in [-0.4, -0.2) is 5.43 Å². The Hall–Kier alpha value is -0.400. The van der Waals surface area contributed by atoms with Gasteiger partial charge in [-0.05, 0) is 0 Å². The van der Waals surface area contributed by atoms with Gasteiger partial charge in [0.1, 0.15) is 0 Å². The number of hydrogen-bond acceptors (Lipinski definition) is 0. The molecule has 170 valence electrons. The summed E-state index contributed by atoms with van der Waals surface area (Å²) in [6, 6.07) is 14.9. The van der Waals surface area contributed by atoms with Gasteiger partial charge in [0, 0.05) is 0 Å². The van der Waals surface area contributed by atoms with E-state index in [4.69, 9.17) is 0 Å². The van der Waals surface area contributed by atoms with Crippen LogP contribution in [0, 0.1) is 0 Å². The van der Waals surface area contributed by atoms with Crippen molar-refractivity contribution in [3.63, 3.8) is 0 Å². The van der Waals surface area contributed by atoms with Gasteiger partial charge in [-0.1, -0.05) is 0 Å². The summed E-state index contributed by atoms with van der Waals surface area (Å²) in [5, 5.41) is 0. The largest absolute Gasteiger partial charge is 1.00 e. The van der Waals surface area contributed by atoms with Crippen molar-refractivity contribution in [3.8, 4) is 11.1 Å². The molecular formula is C28H36Cl2SiZr. The van der Waals surface area contributed by atoms with E-state index >= 15 is 0 Å². The zero-order valence-electron chi connectivity index (χ0n) is 20.7. The van der Waals surface area contributed by atoms with Crippen LogP contribution >= 0.6 is 0 Å². The quantitative estimate of drug-likeness (QED) is 0.492. The molecule has 2 aliphatic rings. The van der Waals surface area contributed by atoms with Gasteiger partial charge in [-0.2, -0.15) is 0 Å². The summed E-state index contributed by atoms with van der Waals surface area (Å²) in [5.41, 5.74) is 9.30. The van der Waals surface area contributed by atoms with Gasteiger partial charge in [0.05, 0.1) is 0 Å². The van der Waals surface area contributed by atoms with Crippen molar-refractivity contribution >= 4 is 5.43 Å². The molecule has 0 nitrogen and oxygen atoms in total. The van der Waals surface area contributed by atoms with Crippen LogP contribution in [0.25, 0.3) is 11.1 Å². The minimum atomic E-state index is -1.83. The van der Waals surface area contributed by atoms with Gasteiger partial charge >= 0.3 is 193 Å². The smallest absolute Gasteiger partial charge is 1.00 e. The normalized spacial score (nSPS) is 14.5. The molecule has 4 heteroatoms. The molecule has 0 saturated heterocycles. The maximum Gasteiger partial charge on any atom is -1.00 e. The van der Waals surface area contributed by atoms with E-state index in [1.54, 1.807) is 11.1 Å². The number of fused-ring (bicyclic) bond motifs is 3. The van der Waals surface area contributed by atoms with Crippen molar-refractivity contribution in [2.75, 3.05) is 0 Å². The summed E-state index contributed by atoms with van der Waals surface area (Å²) in [6.45, 7) is 19.2. The third-order valence-electron chi connectivity index (χ3n) is 6.70. The molecule has 4 rings (SSSR count). The number of halogens is 2. The Morgan fingerprint density at radius 3 is 1.59 bits per heavy atom. The Labute approximate surface area is 216 Å². The van der Waals surface area contributed by atoms with E-state index < -0.39 is 20.4 Å². The van der Waals surface area contributed by atoms with Crippen LogP contribution in [0.1, 0.15) is 73.8 Å². The van der Waals surface area contributed by atoms with Gasteiger partial charge in [-0.25, -0.2) is 0 Å². The number of allylic oxidation sites excluding steroid dienone is 4. The Balaban J connectivity index is 0.00000181. The molecule has 0 atom stereocenters. The van der Waals surface area contributed by atoms with Crippen LogP contribution in [-0.2, 0) is 31.2 Å². The van der Waals surface area contributed by atoms with E-state index in [-0.39, 0.29) is 41.1 Å². The van der Waals surface area contributed by atoms with E-state index in [1.807, 2.05) is 3.28 Å². The second kappa shape index (κ2) is 10.1. The molecule has 0 saturated carbocycles. The summed E-state index contributed by atoms with van der Waals surface area (Å²) < 4.78 is 2.52. The predicted molar refractivity (Wildman–Crippen MR) is 130 cm³/mol. The SMILES string of the molecule is C[Si](C)=[Zr+2]([C]1=CC=CC1)[CH]1c2ccc(C(C)(C)C)cc2-c2cc(C(C)(C)C)ccc21.[Cl-].[Cl-]. The average Bonchev–Trinajstić information content (AvgIpc) is 3.27. The monoisotopic (exact) mass is 560 g/mol. The van der Waals surface area contributed by atoms with Crippen molar-refractivity contribution in [2.24, 2.45) is 0 Å². The van der Waals surface area contributed by atoms with Gasteiger partial charge in [0.2, 0.25) is 0 Å². The summed E-state index contributed by atoms with van der Waals surface area (Å²) in [6.07, 6.45) is 8.38. The third-order valence-corrected chi connectivity index (χ3v) is 24.9. The minimum Gasteiger partial charge on any atom is -1.00 e. The molecule has 0 N–H and O–H groups in total. The van der Waals surface area contributed by atoms with E-state index in [2.05, 4.69) is 109 Å². The van der Waals surface area contributed by atoms with Crippen LogP contribution in [0.5, 0.6) is 0 Å². The van der Waals surface area contributed by atoms with Crippen molar-refractivity contribution < 1.29 is 45.2 Å². The Kier molecular flexibility index (Phi) is 8.76. The predicted octanol–water partition coefficient (Wildman–Crippen LogP) is 2.07. The number of rotatable bonds is 2. The standard InChI is InChI=1S/C21H25.C5H5.C2H6Si.2ClH.Zr/c1-20(2,3)16-9-7-14-11-15-8-10-17(21(4,5)6)13-19(15)18(14)12-16;1-2-4-5-3-1;1-3-2;;;/h7-13H,1-6H3;1-3H,4H2;1-2H3;2*1H;/q;;;;;+2/p-2. The van der Waals surface area contributed by atoms with Gasteiger partial charge in [-0.3, -0.25) is 0 Å². The molecule has 0 amide bonds. The molecular weight excluding hydrogens is 527 g/mol. The fourth-order valence-electron chi connectivity index (χ4n) is 4.94. The first-order valence-electron chi connectivity index (χ1n) is 11.3. The van der Waals surface area contributed by atoms with E-state index in [9.17, 15) is 0 Å². The van der Waals surface area contributed by atoms with Crippen molar-refractivity contribution in [1.82, 2.24) is 0 Å². The molecule has 32 heavy (non-hydrogen) atoms. The molecule has 0 unspecified atom stereocenters. The average molecular weight is 563 g/mol. The van der Waals surface area contributed by atoms with Gasteiger partial charge < -0.3 is 24.8 Å². The first-order valence-corrected chi connectivity index (χ1v) is 20.1. The molecule has 0 aromatic heterocycles. The molecule has 0 heterocycles. The molecule has 2 aromatic carbocycles. The summed E-state index contributed by atoms with van der Waals surface area (Å²) in [5.74, 6) is 0. The maximum atomic E-state index is 2.59. The fraction of sp³-hybridized carbons (Fsp3) is 0.429. The second-order valence-corrected chi connectivity index (χ2v) is 28.9. The van der Waals surface area contributed by atoms with Crippen molar-refractivity contribution in [3.05, 3.63) is 80.2 Å². The topological polar surface area (TPSA) is 0 Å². The zero-order chi connectivity index (χ0) is 21.8.